The standard InChI is InChI=1S/C12H14ClN3S/c1-2-14-8-9-3-4-11(10(13)7-9)17-12-15-5-6-16-12/h3-7,14H,2,8H2,1H3,(H,15,16). The molecule has 0 aliphatic carbocycles. The lowest BCUT2D eigenvalue weighted by Gasteiger charge is -2.06. The molecule has 0 saturated carbocycles. The van der Waals surface area contributed by atoms with E-state index >= 15 is 0 Å². The molecule has 0 aliphatic heterocycles. The van der Waals surface area contributed by atoms with Gasteiger partial charge in [0.15, 0.2) is 5.16 Å². The Kier molecular flexibility index (Phi) is 4.48. The van der Waals surface area contributed by atoms with E-state index in [9.17, 15) is 0 Å². The number of nitrogens with one attached hydrogen (secondary N) is 2. The topological polar surface area (TPSA) is 40.7 Å². The lowest BCUT2D eigenvalue weighted by atomic mass is 10.2. The van der Waals surface area contributed by atoms with Gasteiger partial charge in [-0.15, -0.1) is 0 Å². The molecule has 0 aliphatic rings. The molecule has 5 heteroatoms. The van der Waals surface area contributed by atoms with Gasteiger partial charge in [0, 0.05) is 23.8 Å². The highest BCUT2D eigenvalue weighted by atomic mass is 35.5. The molecule has 0 saturated heterocycles. The SMILES string of the molecule is CCNCc1ccc(Sc2ncc[nH]2)c(Cl)c1. The molecule has 3 nitrogen and oxygen atoms in total. The van der Waals surface area contributed by atoms with E-state index in [2.05, 4.69) is 28.3 Å². The molecule has 0 spiro atoms. The maximum absolute atomic E-state index is 6.23. The molecule has 0 unspecified atom stereocenters. The van der Waals surface area contributed by atoms with Crippen LogP contribution in [0.4, 0.5) is 0 Å². The number of rotatable bonds is 5. The predicted molar refractivity (Wildman–Crippen MR) is 71.5 cm³/mol. The summed E-state index contributed by atoms with van der Waals surface area (Å²) in [5.74, 6) is 0. The van der Waals surface area contributed by atoms with E-state index in [1.54, 1.807) is 12.4 Å². The molecule has 0 amide bonds. The van der Waals surface area contributed by atoms with E-state index in [1.165, 1.54) is 17.3 Å². The van der Waals surface area contributed by atoms with Gasteiger partial charge in [-0.25, -0.2) is 4.98 Å². The molecule has 0 bridgehead atoms. The van der Waals surface area contributed by atoms with Gasteiger partial charge in [0.2, 0.25) is 0 Å². The zero-order chi connectivity index (χ0) is 12.1. The van der Waals surface area contributed by atoms with Crippen molar-refractivity contribution in [3.8, 4) is 0 Å². The smallest absolute Gasteiger partial charge is 0.170 e. The third kappa shape index (κ3) is 3.49. The van der Waals surface area contributed by atoms with E-state index in [0.717, 1.165) is 28.2 Å². The number of hydrogen-bond acceptors (Lipinski definition) is 3. The Labute approximate surface area is 110 Å². The first kappa shape index (κ1) is 12.5. The molecule has 2 N–H and O–H groups in total. The Balaban J connectivity index is 2.09. The van der Waals surface area contributed by atoms with Crippen LogP contribution in [0.5, 0.6) is 0 Å². The van der Waals surface area contributed by atoms with Gasteiger partial charge in [0.1, 0.15) is 0 Å². The Hall–Kier alpha value is -0.970. The second-order valence-electron chi connectivity index (χ2n) is 3.54. The largest absolute Gasteiger partial charge is 0.339 e. The Morgan fingerprint density at radius 3 is 3.00 bits per heavy atom. The van der Waals surface area contributed by atoms with Crippen LogP contribution in [-0.2, 0) is 6.54 Å². The van der Waals surface area contributed by atoms with Crippen LogP contribution in [0.3, 0.4) is 0 Å². The summed E-state index contributed by atoms with van der Waals surface area (Å²) in [5.41, 5.74) is 1.20. The molecule has 1 aromatic heterocycles. The second kappa shape index (κ2) is 6.10. The molecule has 0 radical (unpaired) electrons. The van der Waals surface area contributed by atoms with Crippen LogP contribution in [0.1, 0.15) is 12.5 Å². The fourth-order valence-electron chi connectivity index (χ4n) is 1.42. The Morgan fingerprint density at radius 1 is 1.47 bits per heavy atom. The number of imidazole rings is 1. The maximum Gasteiger partial charge on any atom is 0.170 e. The van der Waals surface area contributed by atoms with Gasteiger partial charge in [0.05, 0.1) is 5.02 Å². The lowest BCUT2D eigenvalue weighted by Crippen LogP contribution is -2.11. The van der Waals surface area contributed by atoms with Crippen LogP contribution in [0.15, 0.2) is 40.6 Å². The highest BCUT2D eigenvalue weighted by Gasteiger charge is 2.05. The minimum absolute atomic E-state index is 0.766. The molecule has 17 heavy (non-hydrogen) atoms. The van der Waals surface area contributed by atoms with Crippen molar-refractivity contribution in [1.29, 1.82) is 0 Å². The van der Waals surface area contributed by atoms with Gasteiger partial charge >= 0.3 is 0 Å². The summed E-state index contributed by atoms with van der Waals surface area (Å²) in [6.45, 7) is 3.89. The normalized spacial score (nSPS) is 10.7. The summed E-state index contributed by atoms with van der Waals surface area (Å²) < 4.78 is 0. The Bertz CT molecular complexity index is 471. The van der Waals surface area contributed by atoms with E-state index in [1.807, 2.05) is 12.1 Å². The molecule has 1 heterocycles. The van der Waals surface area contributed by atoms with Gasteiger partial charge in [-0.2, -0.15) is 0 Å². The van der Waals surface area contributed by atoms with Crippen molar-refractivity contribution >= 4 is 23.4 Å². The summed E-state index contributed by atoms with van der Waals surface area (Å²) >= 11 is 7.77. The van der Waals surface area contributed by atoms with Crippen LogP contribution < -0.4 is 5.32 Å². The third-order valence-corrected chi connectivity index (χ3v) is 3.67. The van der Waals surface area contributed by atoms with E-state index < -0.39 is 0 Å². The number of halogens is 1. The first-order valence-corrected chi connectivity index (χ1v) is 6.65. The van der Waals surface area contributed by atoms with Crippen molar-refractivity contribution in [3.05, 3.63) is 41.2 Å². The van der Waals surface area contributed by atoms with E-state index in [-0.39, 0.29) is 0 Å². The van der Waals surface area contributed by atoms with Crippen LogP contribution in [-0.4, -0.2) is 16.5 Å². The highest BCUT2D eigenvalue weighted by Crippen LogP contribution is 2.31. The van der Waals surface area contributed by atoms with Crippen LogP contribution in [0, 0.1) is 0 Å². The summed E-state index contributed by atoms with van der Waals surface area (Å²) in [7, 11) is 0. The van der Waals surface area contributed by atoms with Crippen molar-refractivity contribution in [2.45, 2.75) is 23.5 Å². The summed E-state index contributed by atoms with van der Waals surface area (Å²) in [6.07, 6.45) is 3.53. The molecular weight excluding hydrogens is 254 g/mol. The average Bonchev–Trinajstić information content (AvgIpc) is 2.82. The van der Waals surface area contributed by atoms with Gasteiger partial charge in [-0.05, 0) is 24.2 Å². The zero-order valence-electron chi connectivity index (χ0n) is 9.53. The summed E-state index contributed by atoms with van der Waals surface area (Å²) in [5, 5.41) is 4.89. The van der Waals surface area contributed by atoms with Crippen molar-refractivity contribution in [1.82, 2.24) is 15.3 Å². The summed E-state index contributed by atoms with van der Waals surface area (Å²) in [4.78, 5) is 8.22. The minimum atomic E-state index is 0.766. The molecule has 2 rings (SSSR count). The van der Waals surface area contributed by atoms with Crippen molar-refractivity contribution in [2.24, 2.45) is 0 Å². The molecule has 1 aromatic carbocycles. The molecule has 2 aromatic rings. The maximum atomic E-state index is 6.23. The molecule has 0 fully saturated rings. The monoisotopic (exact) mass is 267 g/mol. The van der Waals surface area contributed by atoms with Crippen molar-refractivity contribution in [2.75, 3.05) is 6.54 Å². The van der Waals surface area contributed by atoms with Gasteiger partial charge in [-0.1, -0.05) is 36.4 Å². The van der Waals surface area contributed by atoms with Crippen molar-refractivity contribution in [3.63, 3.8) is 0 Å². The first-order chi connectivity index (χ1) is 8.29. The van der Waals surface area contributed by atoms with E-state index in [4.69, 9.17) is 11.6 Å². The zero-order valence-corrected chi connectivity index (χ0v) is 11.1. The van der Waals surface area contributed by atoms with Gasteiger partial charge in [-0.3, -0.25) is 0 Å². The van der Waals surface area contributed by atoms with E-state index in [0.29, 0.717) is 0 Å². The predicted octanol–water partition coefficient (Wildman–Crippen LogP) is 3.32. The van der Waals surface area contributed by atoms with Gasteiger partial charge < -0.3 is 10.3 Å². The first-order valence-electron chi connectivity index (χ1n) is 5.46. The van der Waals surface area contributed by atoms with Crippen molar-refractivity contribution < 1.29 is 0 Å². The number of benzene rings is 1. The van der Waals surface area contributed by atoms with Crippen LogP contribution in [0.2, 0.25) is 5.02 Å². The van der Waals surface area contributed by atoms with Crippen LogP contribution >= 0.6 is 23.4 Å². The second-order valence-corrected chi connectivity index (χ2v) is 4.98. The number of H-pyrrole nitrogens is 1. The quantitative estimate of drug-likeness (QED) is 0.873. The fraction of sp³-hybridized carbons (Fsp3) is 0.250. The van der Waals surface area contributed by atoms with Crippen LogP contribution in [0.25, 0.3) is 0 Å². The minimum Gasteiger partial charge on any atom is -0.339 e. The number of nitrogens with zero attached hydrogens (tertiary/aromatic N) is 1. The lowest BCUT2D eigenvalue weighted by molar-refractivity contribution is 0.726. The fourth-order valence-corrected chi connectivity index (χ4v) is 2.48. The molecular formula is C12H14ClN3S. The number of aromatic amines is 1. The Morgan fingerprint density at radius 2 is 2.35 bits per heavy atom. The number of hydrogen-bond donors (Lipinski definition) is 2. The third-order valence-electron chi connectivity index (χ3n) is 2.26. The molecule has 90 valence electrons. The van der Waals surface area contributed by atoms with Gasteiger partial charge in [0.25, 0.3) is 0 Å². The summed E-state index contributed by atoms with van der Waals surface area (Å²) in [6, 6.07) is 6.11. The molecule has 0 atom stereocenters. The average molecular weight is 268 g/mol. The number of aromatic nitrogens is 2. The highest BCUT2D eigenvalue weighted by molar-refractivity contribution is 7.99.